The quantitative estimate of drug-likeness (QED) is 0.873. The van der Waals surface area contributed by atoms with E-state index in [0.717, 1.165) is 18.4 Å². The number of rotatable bonds is 3. The molecular formula is C17H24N2O3. The van der Waals surface area contributed by atoms with Gasteiger partial charge in [-0.15, -0.1) is 0 Å². The van der Waals surface area contributed by atoms with Crippen LogP contribution in [0.1, 0.15) is 61.1 Å². The van der Waals surface area contributed by atoms with Crippen molar-refractivity contribution in [2.45, 2.75) is 64.0 Å². The summed E-state index contributed by atoms with van der Waals surface area (Å²) in [6, 6.07) is 2.03. The second-order valence-electron chi connectivity index (χ2n) is 6.50. The lowest BCUT2D eigenvalue weighted by atomic mass is 10.1. The SMILES string of the molecule is Cc1ccoc1C(=O)N[C@H]1CC(=O)N(C2CCCCCC2)C1. The van der Waals surface area contributed by atoms with Crippen molar-refractivity contribution in [3.05, 3.63) is 23.7 Å². The second kappa shape index (κ2) is 6.55. The van der Waals surface area contributed by atoms with Crippen LogP contribution in [0.5, 0.6) is 0 Å². The molecule has 0 radical (unpaired) electrons. The Morgan fingerprint density at radius 2 is 2.00 bits per heavy atom. The standard InChI is InChI=1S/C17H24N2O3/c1-12-8-9-22-16(12)17(21)18-13-10-15(20)19(11-13)14-6-4-2-3-5-7-14/h8-9,13-14H,2-7,10-11H2,1H3,(H,18,21)/t13-/m0/s1. The summed E-state index contributed by atoms with van der Waals surface area (Å²) in [5, 5.41) is 2.94. The molecule has 1 aliphatic carbocycles. The number of furan rings is 1. The molecular weight excluding hydrogens is 280 g/mol. The summed E-state index contributed by atoms with van der Waals surface area (Å²) in [6.45, 7) is 2.48. The van der Waals surface area contributed by atoms with E-state index in [-0.39, 0.29) is 17.9 Å². The molecule has 1 atom stereocenters. The number of hydrogen-bond donors (Lipinski definition) is 1. The molecule has 1 aromatic rings. The third-order valence-corrected chi connectivity index (χ3v) is 4.83. The first-order valence-corrected chi connectivity index (χ1v) is 8.29. The Morgan fingerprint density at radius 1 is 1.27 bits per heavy atom. The van der Waals surface area contributed by atoms with Crippen LogP contribution in [0.15, 0.2) is 16.7 Å². The minimum atomic E-state index is -0.219. The van der Waals surface area contributed by atoms with Gasteiger partial charge in [0.2, 0.25) is 5.91 Å². The van der Waals surface area contributed by atoms with Crippen LogP contribution < -0.4 is 5.32 Å². The van der Waals surface area contributed by atoms with E-state index in [1.165, 1.54) is 31.9 Å². The van der Waals surface area contributed by atoms with E-state index in [2.05, 4.69) is 5.32 Å². The highest BCUT2D eigenvalue weighted by atomic mass is 16.3. The summed E-state index contributed by atoms with van der Waals surface area (Å²) in [7, 11) is 0. The minimum absolute atomic E-state index is 0.104. The van der Waals surface area contributed by atoms with Gasteiger partial charge in [0, 0.05) is 24.6 Å². The fraction of sp³-hybridized carbons (Fsp3) is 0.647. The molecule has 1 saturated heterocycles. The lowest BCUT2D eigenvalue weighted by Crippen LogP contribution is -2.40. The molecule has 5 nitrogen and oxygen atoms in total. The second-order valence-corrected chi connectivity index (χ2v) is 6.50. The molecule has 1 saturated carbocycles. The van der Waals surface area contributed by atoms with Gasteiger partial charge in [-0.05, 0) is 25.8 Å². The summed E-state index contributed by atoms with van der Waals surface area (Å²) in [6.07, 6.45) is 9.08. The highest BCUT2D eigenvalue weighted by molar-refractivity contribution is 5.93. The van der Waals surface area contributed by atoms with E-state index in [4.69, 9.17) is 4.42 Å². The maximum atomic E-state index is 12.3. The minimum Gasteiger partial charge on any atom is -0.459 e. The fourth-order valence-corrected chi connectivity index (χ4v) is 3.61. The van der Waals surface area contributed by atoms with E-state index in [1.54, 1.807) is 6.07 Å². The summed E-state index contributed by atoms with van der Waals surface area (Å²) >= 11 is 0. The summed E-state index contributed by atoms with van der Waals surface area (Å²) < 4.78 is 5.21. The average molecular weight is 304 g/mol. The number of hydrogen-bond acceptors (Lipinski definition) is 3. The van der Waals surface area contributed by atoms with E-state index in [0.29, 0.717) is 24.8 Å². The average Bonchev–Trinajstić information content (AvgIpc) is 2.95. The van der Waals surface area contributed by atoms with Crippen molar-refractivity contribution in [1.82, 2.24) is 10.2 Å². The van der Waals surface area contributed by atoms with Crippen molar-refractivity contribution in [2.75, 3.05) is 6.54 Å². The molecule has 0 unspecified atom stereocenters. The first-order chi connectivity index (χ1) is 10.6. The zero-order chi connectivity index (χ0) is 15.5. The Morgan fingerprint density at radius 3 is 2.64 bits per heavy atom. The molecule has 120 valence electrons. The first-order valence-electron chi connectivity index (χ1n) is 8.29. The molecule has 2 fully saturated rings. The van der Waals surface area contributed by atoms with Gasteiger partial charge in [-0.1, -0.05) is 25.7 Å². The Balaban J connectivity index is 1.59. The van der Waals surface area contributed by atoms with Crippen LogP contribution in [0.3, 0.4) is 0 Å². The first kappa shape index (κ1) is 15.1. The Bertz CT molecular complexity index is 544. The van der Waals surface area contributed by atoms with Crippen molar-refractivity contribution in [1.29, 1.82) is 0 Å². The van der Waals surface area contributed by atoms with Gasteiger partial charge in [-0.25, -0.2) is 0 Å². The third kappa shape index (κ3) is 3.18. The lowest BCUT2D eigenvalue weighted by molar-refractivity contribution is -0.129. The number of carbonyl (C=O) groups is 2. The van der Waals surface area contributed by atoms with E-state index in [9.17, 15) is 9.59 Å². The maximum absolute atomic E-state index is 12.3. The van der Waals surface area contributed by atoms with E-state index < -0.39 is 0 Å². The van der Waals surface area contributed by atoms with Gasteiger partial charge in [0.15, 0.2) is 5.76 Å². The van der Waals surface area contributed by atoms with Gasteiger partial charge in [-0.2, -0.15) is 0 Å². The number of amides is 2. The zero-order valence-corrected chi connectivity index (χ0v) is 13.1. The molecule has 2 aliphatic rings. The molecule has 22 heavy (non-hydrogen) atoms. The lowest BCUT2D eigenvalue weighted by Gasteiger charge is -2.27. The molecule has 3 rings (SSSR count). The van der Waals surface area contributed by atoms with Gasteiger partial charge >= 0.3 is 0 Å². The van der Waals surface area contributed by atoms with Crippen molar-refractivity contribution < 1.29 is 14.0 Å². The highest BCUT2D eigenvalue weighted by Gasteiger charge is 2.35. The number of nitrogens with one attached hydrogen (secondary N) is 1. The van der Waals surface area contributed by atoms with Crippen LogP contribution in [0, 0.1) is 6.92 Å². The monoisotopic (exact) mass is 304 g/mol. The maximum Gasteiger partial charge on any atom is 0.287 e. The molecule has 2 amide bonds. The normalized spacial score (nSPS) is 23.6. The largest absolute Gasteiger partial charge is 0.459 e. The van der Waals surface area contributed by atoms with Gasteiger partial charge in [0.05, 0.1) is 12.3 Å². The molecule has 1 aromatic heterocycles. The van der Waals surface area contributed by atoms with Crippen molar-refractivity contribution >= 4 is 11.8 Å². The Hall–Kier alpha value is -1.78. The van der Waals surface area contributed by atoms with Crippen molar-refractivity contribution in [2.24, 2.45) is 0 Å². The zero-order valence-electron chi connectivity index (χ0n) is 13.1. The summed E-state index contributed by atoms with van der Waals surface area (Å²) in [5.74, 6) is 0.303. The predicted octanol–water partition coefficient (Wildman–Crippen LogP) is 2.64. The summed E-state index contributed by atoms with van der Waals surface area (Å²) in [5.41, 5.74) is 0.822. The highest BCUT2D eigenvalue weighted by Crippen LogP contribution is 2.26. The third-order valence-electron chi connectivity index (χ3n) is 4.83. The smallest absolute Gasteiger partial charge is 0.287 e. The van der Waals surface area contributed by atoms with Gasteiger partial charge in [0.25, 0.3) is 5.91 Å². The Kier molecular flexibility index (Phi) is 4.50. The number of aryl methyl sites for hydroxylation is 1. The predicted molar refractivity (Wildman–Crippen MR) is 82.5 cm³/mol. The van der Waals surface area contributed by atoms with Crippen LogP contribution in [-0.4, -0.2) is 35.3 Å². The molecule has 1 N–H and O–H groups in total. The van der Waals surface area contributed by atoms with E-state index >= 15 is 0 Å². The number of likely N-dealkylation sites (tertiary alicyclic amines) is 1. The van der Waals surface area contributed by atoms with Crippen LogP contribution in [0.2, 0.25) is 0 Å². The van der Waals surface area contributed by atoms with Crippen molar-refractivity contribution in [3.8, 4) is 0 Å². The van der Waals surface area contributed by atoms with Crippen LogP contribution in [-0.2, 0) is 4.79 Å². The molecule has 0 aromatic carbocycles. The number of nitrogens with zero attached hydrogens (tertiary/aromatic N) is 1. The van der Waals surface area contributed by atoms with Gasteiger partial charge in [-0.3, -0.25) is 9.59 Å². The molecule has 0 bridgehead atoms. The number of carbonyl (C=O) groups excluding carboxylic acids is 2. The molecule has 5 heteroatoms. The van der Waals surface area contributed by atoms with Gasteiger partial charge < -0.3 is 14.6 Å². The molecule has 2 heterocycles. The molecule has 0 spiro atoms. The van der Waals surface area contributed by atoms with Crippen LogP contribution in [0.4, 0.5) is 0 Å². The molecule has 1 aliphatic heterocycles. The topological polar surface area (TPSA) is 62.6 Å². The Labute approximate surface area is 131 Å². The van der Waals surface area contributed by atoms with Crippen molar-refractivity contribution in [3.63, 3.8) is 0 Å². The van der Waals surface area contributed by atoms with Gasteiger partial charge in [0.1, 0.15) is 0 Å². The fourth-order valence-electron chi connectivity index (χ4n) is 3.61. The van der Waals surface area contributed by atoms with Crippen LogP contribution in [0.25, 0.3) is 0 Å². The van der Waals surface area contributed by atoms with Crippen LogP contribution >= 0.6 is 0 Å². The van der Waals surface area contributed by atoms with E-state index in [1.807, 2.05) is 11.8 Å². The summed E-state index contributed by atoms with van der Waals surface area (Å²) in [4.78, 5) is 26.5.